The minimum Gasteiger partial charge on any atom is -0.478 e. The van der Waals surface area contributed by atoms with E-state index in [1.807, 2.05) is 6.92 Å². The molecule has 1 saturated heterocycles. The summed E-state index contributed by atoms with van der Waals surface area (Å²) in [6.07, 6.45) is 1.26. The van der Waals surface area contributed by atoms with Crippen molar-refractivity contribution in [1.82, 2.24) is 0 Å². The SMILES string of the molecule is CCC1OCCC1C(=O)Nc1c(Cl)cccc1C(=O)O. The Hall–Kier alpha value is -1.59. The zero-order valence-corrected chi connectivity index (χ0v) is 11.8. The fraction of sp³-hybridized carbons (Fsp3) is 0.429. The average molecular weight is 298 g/mol. The summed E-state index contributed by atoms with van der Waals surface area (Å²) in [6.45, 7) is 2.50. The molecule has 1 aromatic carbocycles. The van der Waals surface area contributed by atoms with E-state index in [-0.39, 0.29) is 34.2 Å². The van der Waals surface area contributed by atoms with Crippen molar-refractivity contribution in [1.29, 1.82) is 0 Å². The first-order valence-corrected chi connectivity index (χ1v) is 6.86. The van der Waals surface area contributed by atoms with Crippen LogP contribution in [0.5, 0.6) is 0 Å². The lowest BCUT2D eigenvalue weighted by Gasteiger charge is -2.17. The number of carbonyl (C=O) groups is 2. The van der Waals surface area contributed by atoms with Crippen LogP contribution in [0.1, 0.15) is 30.1 Å². The first-order valence-electron chi connectivity index (χ1n) is 6.48. The molecule has 2 N–H and O–H groups in total. The highest BCUT2D eigenvalue weighted by atomic mass is 35.5. The van der Waals surface area contributed by atoms with Crippen molar-refractivity contribution in [2.24, 2.45) is 5.92 Å². The van der Waals surface area contributed by atoms with Gasteiger partial charge in [0.2, 0.25) is 5.91 Å². The van der Waals surface area contributed by atoms with Gasteiger partial charge in [0, 0.05) is 6.61 Å². The molecule has 0 aliphatic carbocycles. The molecule has 6 heteroatoms. The molecule has 1 fully saturated rings. The minimum absolute atomic E-state index is 0.0159. The predicted octanol–water partition coefficient (Wildman–Crippen LogP) is 2.79. The zero-order chi connectivity index (χ0) is 14.7. The number of carbonyl (C=O) groups excluding carboxylic acids is 1. The Morgan fingerprint density at radius 1 is 1.50 bits per heavy atom. The zero-order valence-electron chi connectivity index (χ0n) is 11.1. The number of rotatable bonds is 4. The molecule has 2 unspecified atom stereocenters. The molecule has 2 rings (SSSR count). The van der Waals surface area contributed by atoms with Gasteiger partial charge in [-0.05, 0) is 25.0 Å². The number of hydrogen-bond acceptors (Lipinski definition) is 3. The maximum Gasteiger partial charge on any atom is 0.337 e. The van der Waals surface area contributed by atoms with E-state index in [9.17, 15) is 9.59 Å². The van der Waals surface area contributed by atoms with Crippen molar-refractivity contribution in [2.45, 2.75) is 25.9 Å². The topological polar surface area (TPSA) is 75.6 Å². The smallest absolute Gasteiger partial charge is 0.337 e. The van der Waals surface area contributed by atoms with E-state index in [2.05, 4.69) is 5.32 Å². The van der Waals surface area contributed by atoms with Gasteiger partial charge in [0.1, 0.15) is 0 Å². The molecule has 20 heavy (non-hydrogen) atoms. The number of nitrogens with one attached hydrogen (secondary N) is 1. The Bertz CT molecular complexity index is 532. The van der Waals surface area contributed by atoms with Gasteiger partial charge in [0.15, 0.2) is 0 Å². The number of aromatic carboxylic acids is 1. The molecule has 1 heterocycles. The van der Waals surface area contributed by atoms with Crippen molar-refractivity contribution in [3.05, 3.63) is 28.8 Å². The molecule has 1 aromatic rings. The number of halogens is 1. The van der Waals surface area contributed by atoms with Crippen LogP contribution in [0.25, 0.3) is 0 Å². The summed E-state index contributed by atoms with van der Waals surface area (Å²) in [6, 6.07) is 4.49. The fourth-order valence-electron chi connectivity index (χ4n) is 2.40. The molecular weight excluding hydrogens is 282 g/mol. The van der Waals surface area contributed by atoms with Gasteiger partial charge in [-0.15, -0.1) is 0 Å². The molecule has 0 spiro atoms. The Morgan fingerprint density at radius 3 is 2.90 bits per heavy atom. The van der Waals surface area contributed by atoms with Crippen molar-refractivity contribution < 1.29 is 19.4 Å². The normalized spacial score (nSPS) is 21.7. The molecule has 0 bridgehead atoms. The molecule has 1 aliphatic rings. The molecule has 1 aliphatic heterocycles. The van der Waals surface area contributed by atoms with Gasteiger partial charge in [-0.2, -0.15) is 0 Å². The molecule has 1 amide bonds. The third-order valence-corrected chi connectivity index (χ3v) is 3.76. The molecule has 5 nitrogen and oxygen atoms in total. The van der Waals surface area contributed by atoms with E-state index < -0.39 is 5.97 Å². The van der Waals surface area contributed by atoms with Gasteiger partial charge in [0.05, 0.1) is 28.3 Å². The third kappa shape index (κ3) is 2.94. The van der Waals surface area contributed by atoms with Crippen LogP contribution in [0.4, 0.5) is 5.69 Å². The van der Waals surface area contributed by atoms with Gasteiger partial charge >= 0.3 is 5.97 Å². The van der Waals surface area contributed by atoms with Crippen molar-refractivity contribution >= 4 is 29.2 Å². The first-order chi connectivity index (χ1) is 9.54. The first kappa shape index (κ1) is 14.8. The lowest BCUT2D eigenvalue weighted by molar-refractivity contribution is -0.121. The number of para-hydroxylation sites is 1. The van der Waals surface area contributed by atoms with Crippen molar-refractivity contribution in [2.75, 3.05) is 11.9 Å². The molecule has 0 aromatic heterocycles. The second kappa shape index (κ2) is 6.24. The van der Waals surface area contributed by atoms with Crippen LogP contribution in [0.15, 0.2) is 18.2 Å². The van der Waals surface area contributed by atoms with Crippen LogP contribution in [0, 0.1) is 5.92 Å². The molecular formula is C14H16ClNO4. The van der Waals surface area contributed by atoms with Gasteiger partial charge in [-0.25, -0.2) is 4.79 Å². The Kier molecular flexibility index (Phi) is 4.62. The maximum atomic E-state index is 12.3. The van der Waals surface area contributed by atoms with Gasteiger partial charge < -0.3 is 15.2 Å². The summed E-state index contributed by atoms with van der Waals surface area (Å²) in [5.74, 6) is -1.64. The van der Waals surface area contributed by atoms with Crippen LogP contribution in [-0.4, -0.2) is 29.7 Å². The highest BCUT2D eigenvalue weighted by Crippen LogP contribution is 2.29. The summed E-state index contributed by atoms with van der Waals surface area (Å²) in [7, 11) is 0. The number of amides is 1. The van der Waals surface area contributed by atoms with Crippen LogP contribution in [-0.2, 0) is 9.53 Å². The van der Waals surface area contributed by atoms with Crippen LogP contribution in [0.3, 0.4) is 0 Å². The van der Waals surface area contributed by atoms with E-state index in [1.54, 1.807) is 6.07 Å². The van der Waals surface area contributed by atoms with Crippen LogP contribution >= 0.6 is 11.6 Å². The molecule has 108 valence electrons. The summed E-state index contributed by atoms with van der Waals surface area (Å²) in [4.78, 5) is 23.4. The Balaban J connectivity index is 2.21. The van der Waals surface area contributed by atoms with E-state index in [4.69, 9.17) is 21.4 Å². The van der Waals surface area contributed by atoms with Gasteiger partial charge in [-0.3, -0.25) is 4.79 Å². The number of carboxylic acids is 1. The molecule has 0 saturated carbocycles. The second-order valence-electron chi connectivity index (χ2n) is 4.67. The molecule has 0 radical (unpaired) electrons. The van der Waals surface area contributed by atoms with E-state index >= 15 is 0 Å². The van der Waals surface area contributed by atoms with Crippen molar-refractivity contribution in [3.8, 4) is 0 Å². The second-order valence-corrected chi connectivity index (χ2v) is 5.08. The van der Waals surface area contributed by atoms with Gasteiger partial charge in [0.25, 0.3) is 0 Å². The lowest BCUT2D eigenvalue weighted by atomic mass is 9.98. The van der Waals surface area contributed by atoms with E-state index in [0.717, 1.165) is 6.42 Å². The number of carboxylic acid groups (broad SMARTS) is 1. The Labute approximate surface area is 121 Å². The summed E-state index contributed by atoms with van der Waals surface area (Å²) >= 11 is 5.99. The number of ether oxygens (including phenoxy) is 1. The lowest BCUT2D eigenvalue weighted by Crippen LogP contribution is -2.29. The number of benzene rings is 1. The average Bonchev–Trinajstić information content (AvgIpc) is 2.89. The summed E-state index contributed by atoms with van der Waals surface area (Å²) < 4.78 is 5.47. The van der Waals surface area contributed by atoms with Crippen molar-refractivity contribution in [3.63, 3.8) is 0 Å². The maximum absolute atomic E-state index is 12.3. The van der Waals surface area contributed by atoms with E-state index in [0.29, 0.717) is 13.0 Å². The quantitative estimate of drug-likeness (QED) is 0.896. The minimum atomic E-state index is -1.13. The van der Waals surface area contributed by atoms with Gasteiger partial charge in [-0.1, -0.05) is 24.6 Å². The summed E-state index contributed by atoms with van der Waals surface area (Å²) in [5, 5.41) is 12.0. The van der Waals surface area contributed by atoms with Crippen LogP contribution < -0.4 is 5.32 Å². The fourth-order valence-corrected chi connectivity index (χ4v) is 2.62. The summed E-state index contributed by atoms with van der Waals surface area (Å²) in [5.41, 5.74) is 0.131. The van der Waals surface area contributed by atoms with Crippen LogP contribution in [0.2, 0.25) is 5.02 Å². The van der Waals surface area contributed by atoms with E-state index in [1.165, 1.54) is 12.1 Å². The standard InChI is InChI=1S/C14H16ClNO4/c1-2-11-8(6-7-20-11)13(17)16-12-9(14(18)19)4-3-5-10(12)15/h3-5,8,11H,2,6-7H2,1H3,(H,16,17)(H,18,19). The molecule has 2 atom stereocenters. The monoisotopic (exact) mass is 297 g/mol. The highest BCUT2D eigenvalue weighted by Gasteiger charge is 2.33. The Morgan fingerprint density at radius 2 is 2.25 bits per heavy atom. The highest BCUT2D eigenvalue weighted by molar-refractivity contribution is 6.34. The predicted molar refractivity (Wildman–Crippen MR) is 75.2 cm³/mol. The largest absolute Gasteiger partial charge is 0.478 e. The number of anilines is 1. The number of hydrogen-bond donors (Lipinski definition) is 2. The third-order valence-electron chi connectivity index (χ3n) is 3.44.